The molecule has 0 bridgehead atoms. The molecule has 0 radical (unpaired) electrons. The van der Waals surface area contributed by atoms with E-state index in [1.54, 1.807) is 7.11 Å². The van der Waals surface area contributed by atoms with Gasteiger partial charge in [-0.2, -0.15) is 0 Å². The lowest BCUT2D eigenvalue weighted by atomic mass is 9.85. The van der Waals surface area contributed by atoms with Crippen LogP contribution in [0.25, 0.3) is 11.3 Å². The summed E-state index contributed by atoms with van der Waals surface area (Å²) >= 11 is 0. The maximum absolute atomic E-state index is 5.57. The van der Waals surface area contributed by atoms with Crippen LogP contribution in [-0.2, 0) is 13.0 Å². The van der Waals surface area contributed by atoms with E-state index >= 15 is 0 Å². The van der Waals surface area contributed by atoms with Crippen LogP contribution >= 0.6 is 0 Å². The summed E-state index contributed by atoms with van der Waals surface area (Å²) in [5.41, 5.74) is 2.78. The van der Waals surface area contributed by atoms with E-state index in [2.05, 4.69) is 21.6 Å². The molecule has 1 saturated carbocycles. The third-order valence-corrected chi connectivity index (χ3v) is 6.41. The van der Waals surface area contributed by atoms with Gasteiger partial charge >= 0.3 is 0 Å². The van der Waals surface area contributed by atoms with Gasteiger partial charge in [0.2, 0.25) is 0 Å². The van der Waals surface area contributed by atoms with Crippen molar-refractivity contribution >= 4 is 0 Å². The highest BCUT2D eigenvalue weighted by Crippen LogP contribution is 2.45. The Kier molecular flexibility index (Phi) is 3.24. The number of ether oxygens (including phenoxy) is 1. The van der Waals surface area contributed by atoms with E-state index in [4.69, 9.17) is 9.72 Å². The van der Waals surface area contributed by atoms with Crippen molar-refractivity contribution in [2.45, 2.75) is 44.7 Å². The fourth-order valence-corrected chi connectivity index (χ4v) is 4.84. The van der Waals surface area contributed by atoms with Gasteiger partial charge in [0, 0.05) is 36.5 Å². The van der Waals surface area contributed by atoms with Crippen molar-refractivity contribution in [2.75, 3.05) is 20.2 Å². The Labute approximate surface area is 143 Å². The molecule has 2 fully saturated rings. The Balaban J connectivity index is 1.43. The van der Waals surface area contributed by atoms with Crippen molar-refractivity contribution in [3.63, 3.8) is 0 Å². The van der Waals surface area contributed by atoms with Crippen LogP contribution in [0.2, 0.25) is 0 Å². The molecular formula is C20H25N3O. The van der Waals surface area contributed by atoms with Crippen molar-refractivity contribution in [1.29, 1.82) is 0 Å². The molecule has 1 aliphatic carbocycles. The van der Waals surface area contributed by atoms with Crippen LogP contribution in [0.4, 0.5) is 0 Å². The summed E-state index contributed by atoms with van der Waals surface area (Å²) in [6.45, 7) is 3.64. The minimum Gasteiger partial charge on any atom is -0.496 e. The first-order chi connectivity index (χ1) is 11.8. The molecular weight excluding hydrogens is 298 g/mol. The van der Waals surface area contributed by atoms with Crippen molar-refractivity contribution in [3.05, 3.63) is 36.3 Å². The fourth-order valence-electron chi connectivity index (χ4n) is 4.84. The molecule has 0 unspecified atom stereocenters. The fraction of sp³-hybridized carbons (Fsp3) is 0.550. The lowest BCUT2D eigenvalue weighted by molar-refractivity contribution is 0.137. The summed E-state index contributed by atoms with van der Waals surface area (Å²) in [4.78, 5) is 7.51. The number of para-hydroxylation sites is 1. The number of aromatic nitrogens is 2. The predicted molar refractivity (Wildman–Crippen MR) is 94.2 cm³/mol. The zero-order valence-electron chi connectivity index (χ0n) is 14.4. The van der Waals surface area contributed by atoms with Gasteiger partial charge in [0.1, 0.15) is 11.6 Å². The number of rotatable bonds is 3. The normalized spacial score (nSPS) is 26.7. The number of benzene rings is 1. The Morgan fingerprint density at radius 1 is 1.21 bits per heavy atom. The smallest absolute Gasteiger partial charge is 0.128 e. The Hall–Kier alpha value is -1.81. The number of likely N-dealkylation sites (tertiary alicyclic amines) is 1. The van der Waals surface area contributed by atoms with E-state index < -0.39 is 0 Å². The van der Waals surface area contributed by atoms with Crippen LogP contribution in [0.1, 0.15) is 31.5 Å². The topological polar surface area (TPSA) is 30.3 Å². The van der Waals surface area contributed by atoms with Gasteiger partial charge in [0.25, 0.3) is 0 Å². The highest BCUT2D eigenvalue weighted by molar-refractivity contribution is 5.67. The SMILES string of the molecule is COc1ccccc1-c1cnc2n1C[C@@]1(CCN(C3CCC3)C1)C2. The molecule has 1 aromatic heterocycles. The molecule has 126 valence electrons. The van der Waals surface area contributed by atoms with Gasteiger partial charge in [-0.3, -0.25) is 4.90 Å². The molecule has 1 saturated heterocycles. The standard InChI is InChI=1S/C20H25N3O/c1-24-18-8-3-2-7-16(18)17-12-21-19-11-20(14-23(17)19)9-10-22(13-20)15-5-4-6-15/h2-3,7-8,12,15H,4-6,9-11,13-14H2,1H3/t20-/m0/s1. The van der Waals surface area contributed by atoms with Gasteiger partial charge in [0.05, 0.1) is 19.0 Å². The molecule has 4 nitrogen and oxygen atoms in total. The van der Waals surface area contributed by atoms with Crippen molar-refractivity contribution < 1.29 is 4.74 Å². The average Bonchev–Trinajstić information content (AvgIpc) is 3.21. The monoisotopic (exact) mass is 323 g/mol. The first-order valence-corrected chi connectivity index (χ1v) is 9.20. The molecule has 3 aliphatic rings. The summed E-state index contributed by atoms with van der Waals surface area (Å²) in [6.07, 6.45) is 8.72. The largest absolute Gasteiger partial charge is 0.496 e. The summed E-state index contributed by atoms with van der Waals surface area (Å²) < 4.78 is 8.01. The predicted octanol–water partition coefficient (Wildman–Crippen LogP) is 3.36. The van der Waals surface area contributed by atoms with Gasteiger partial charge in [-0.05, 0) is 37.9 Å². The van der Waals surface area contributed by atoms with Crippen LogP contribution in [0.15, 0.2) is 30.5 Å². The van der Waals surface area contributed by atoms with Crippen LogP contribution in [0.3, 0.4) is 0 Å². The van der Waals surface area contributed by atoms with Crippen molar-refractivity contribution in [2.24, 2.45) is 5.41 Å². The summed E-state index contributed by atoms with van der Waals surface area (Å²) in [6, 6.07) is 9.15. The second kappa shape index (κ2) is 5.35. The lowest BCUT2D eigenvalue weighted by Gasteiger charge is -2.35. The van der Waals surface area contributed by atoms with Crippen LogP contribution in [-0.4, -0.2) is 40.7 Å². The Bertz CT molecular complexity index is 764. The first-order valence-electron chi connectivity index (χ1n) is 9.20. The zero-order chi connectivity index (χ0) is 16.1. The number of fused-ring (bicyclic) bond motifs is 1. The van der Waals surface area contributed by atoms with E-state index in [9.17, 15) is 0 Å². The number of imidazole rings is 1. The second-order valence-corrected chi connectivity index (χ2v) is 7.83. The summed E-state index contributed by atoms with van der Waals surface area (Å²) in [5.74, 6) is 2.19. The lowest BCUT2D eigenvalue weighted by Crippen LogP contribution is -2.40. The maximum Gasteiger partial charge on any atom is 0.128 e. The number of nitrogens with zero attached hydrogens (tertiary/aromatic N) is 3. The Morgan fingerprint density at radius 2 is 2.08 bits per heavy atom. The second-order valence-electron chi connectivity index (χ2n) is 7.83. The quantitative estimate of drug-likeness (QED) is 0.868. The van der Waals surface area contributed by atoms with Gasteiger partial charge in [-0.1, -0.05) is 18.6 Å². The average molecular weight is 323 g/mol. The van der Waals surface area contributed by atoms with E-state index in [0.29, 0.717) is 5.41 Å². The van der Waals surface area contributed by atoms with Crippen molar-refractivity contribution in [1.82, 2.24) is 14.5 Å². The molecule has 1 atom stereocenters. The summed E-state index contributed by atoms with van der Waals surface area (Å²) in [7, 11) is 1.75. The summed E-state index contributed by atoms with van der Waals surface area (Å²) in [5, 5.41) is 0. The third-order valence-electron chi connectivity index (χ3n) is 6.41. The van der Waals surface area contributed by atoms with Crippen LogP contribution < -0.4 is 4.74 Å². The van der Waals surface area contributed by atoms with E-state index in [1.807, 2.05) is 18.3 Å². The van der Waals surface area contributed by atoms with Crippen molar-refractivity contribution in [3.8, 4) is 17.0 Å². The third kappa shape index (κ3) is 2.12. The number of hydrogen-bond donors (Lipinski definition) is 0. The van der Waals surface area contributed by atoms with Gasteiger partial charge in [0.15, 0.2) is 0 Å². The molecule has 0 amide bonds. The molecule has 24 heavy (non-hydrogen) atoms. The van der Waals surface area contributed by atoms with E-state index in [1.165, 1.54) is 50.3 Å². The Morgan fingerprint density at radius 3 is 2.88 bits per heavy atom. The van der Waals surface area contributed by atoms with E-state index in [0.717, 1.165) is 30.3 Å². The molecule has 2 aliphatic heterocycles. The molecule has 1 spiro atoms. The molecule has 3 heterocycles. The highest BCUT2D eigenvalue weighted by atomic mass is 16.5. The molecule has 5 rings (SSSR count). The molecule has 1 aromatic carbocycles. The minimum atomic E-state index is 0.413. The van der Waals surface area contributed by atoms with E-state index in [-0.39, 0.29) is 0 Å². The first kappa shape index (κ1) is 14.5. The number of methoxy groups -OCH3 is 1. The van der Waals surface area contributed by atoms with Crippen LogP contribution in [0.5, 0.6) is 5.75 Å². The van der Waals surface area contributed by atoms with Gasteiger partial charge < -0.3 is 9.30 Å². The van der Waals surface area contributed by atoms with Gasteiger partial charge in [-0.25, -0.2) is 4.98 Å². The minimum absolute atomic E-state index is 0.413. The molecule has 2 aromatic rings. The molecule has 4 heteroatoms. The van der Waals surface area contributed by atoms with Gasteiger partial charge in [-0.15, -0.1) is 0 Å². The highest BCUT2D eigenvalue weighted by Gasteiger charge is 2.46. The molecule has 0 N–H and O–H groups in total. The maximum atomic E-state index is 5.57. The number of hydrogen-bond acceptors (Lipinski definition) is 3. The van der Waals surface area contributed by atoms with Crippen LogP contribution in [0, 0.1) is 5.41 Å². The zero-order valence-corrected chi connectivity index (χ0v) is 14.4.